The van der Waals surface area contributed by atoms with Crippen LogP contribution >= 0.6 is 0 Å². The highest BCUT2D eigenvalue weighted by molar-refractivity contribution is 7.59. The molecule has 7 nitrogen and oxygen atoms in total. The average molecular weight is 273 g/mol. The van der Waals surface area contributed by atoms with Crippen LogP contribution in [0.5, 0.6) is 0 Å². The lowest BCUT2D eigenvalue weighted by atomic mass is 10.3. The Morgan fingerprint density at radius 2 is 1.76 bits per heavy atom. The second kappa shape index (κ2) is 4.24. The van der Waals surface area contributed by atoms with Gasteiger partial charge in [0, 0.05) is 0 Å². The summed E-state index contributed by atoms with van der Waals surface area (Å²) in [6, 6.07) is -1.82. The largest absolute Gasteiger partial charge is 0.524 e. The number of hydrogen-bond acceptors (Lipinski definition) is 5. The molecule has 1 fully saturated rings. The molecule has 1 saturated heterocycles. The van der Waals surface area contributed by atoms with Crippen molar-refractivity contribution in [1.82, 2.24) is 4.90 Å². The van der Waals surface area contributed by atoms with E-state index in [9.17, 15) is 36.0 Å². The van der Waals surface area contributed by atoms with Gasteiger partial charge in [-0.3, -0.25) is 0 Å². The van der Waals surface area contributed by atoms with Gasteiger partial charge >= 0.3 is 34.5 Å². The number of carbonyl (C=O) groups is 3. The first-order valence-electron chi connectivity index (χ1n) is 3.97. The SMILES string of the molecule is O=C1CC(=O)[N+](=S(=O)=O)C(=O)N1CC(F)(F)F. The molecule has 0 aromatic heterocycles. The first kappa shape index (κ1) is 13.3. The number of alkyl halides is 3. The van der Waals surface area contributed by atoms with Crippen LogP contribution in [-0.2, 0) is 20.1 Å². The third-order valence-electron chi connectivity index (χ3n) is 1.72. The summed E-state index contributed by atoms with van der Waals surface area (Å²) in [5.41, 5.74) is 0. The number of barbiturate groups is 1. The molecule has 0 aromatic carbocycles. The molecule has 0 unspecified atom stereocenters. The fourth-order valence-corrected chi connectivity index (χ4v) is 1.56. The highest BCUT2D eigenvalue weighted by Gasteiger charge is 2.51. The molecule has 1 aliphatic heterocycles. The van der Waals surface area contributed by atoms with Crippen LogP contribution in [0.25, 0.3) is 0 Å². The summed E-state index contributed by atoms with van der Waals surface area (Å²) in [6.07, 6.45) is -5.97. The van der Waals surface area contributed by atoms with E-state index in [-0.39, 0.29) is 4.90 Å². The van der Waals surface area contributed by atoms with Gasteiger partial charge in [0.1, 0.15) is 0 Å². The van der Waals surface area contributed by atoms with Crippen LogP contribution < -0.4 is 0 Å². The number of nitrogens with zero attached hydrogens (tertiary/aromatic N) is 2. The Morgan fingerprint density at radius 1 is 1.24 bits per heavy atom. The molecule has 1 heterocycles. The molecule has 1 aliphatic rings. The van der Waals surface area contributed by atoms with Crippen molar-refractivity contribution in [2.45, 2.75) is 12.6 Å². The third-order valence-corrected chi connectivity index (χ3v) is 2.38. The highest BCUT2D eigenvalue weighted by Crippen LogP contribution is 2.19. The number of halogens is 3. The predicted molar refractivity (Wildman–Crippen MR) is 42.0 cm³/mol. The van der Waals surface area contributed by atoms with Crippen molar-refractivity contribution in [1.29, 1.82) is 0 Å². The maximum atomic E-state index is 12.0. The molecule has 4 amide bonds. The lowest BCUT2D eigenvalue weighted by Crippen LogP contribution is -2.53. The molecular weight excluding hydrogens is 269 g/mol. The van der Waals surface area contributed by atoms with E-state index in [1.807, 2.05) is 0 Å². The van der Waals surface area contributed by atoms with Crippen molar-refractivity contribution in [2.75, 3.05) is 6.54 Å². The van der Waals surface area contributed by atoms with Crippen LogP contribution in [0, 0.1) is 0 Å². The second-order valence-electron chi connectivity index (χ2n) is 2.96. The Kier molecular flexibility index (Phi) is 3.31. The van der Waals surface area contributed by atoms with E-state index in [1.54, 1.807) is 0 Å². The summed E-state index contributed by atoms with van der Waals surface area (Å²) in [5, 5.41) is 0. The van der Waals surface area contributed by atoms with Crippen LogP contribution in [0.3, 0.4) is 0 Å². The van der Waals surface area contributed by atoms with Crippen molar-refractivity contribution in [3.63, 3.8) is 0 Å². The minimum absolute atomic E-state index is 0.336. The van der Waals surface area contributed by atoms with Gasteiger partial charge in [0.25, 0.3) is 0 Å². The quantitative estimate of drug-likeness (QED) is 0.474. The molecule has 0 atom stereocenters. The zero-order valence-electron chi connectivity index (χ0n) is 7.89. The Morgan fingerprint density at radius 3 is 2.18 bits per heavy atom. The first-order chi connectivity index (χ1) is 7.63. The van der Waals surface area contributed by atoms with E-state index < -0.39 is 51.4 Å². The van der Waals surface area contributed by atoms with Crippen LogP contribution in [0.15, 0.2) is 0 Å². The number of imide groups is 2. The molecule has 94 valence electrons. The first-order valence-corrected chi connectivity index (χ1v) is 5.00. The predicted octanol–water partition coefficient (Wildman–Crippen LogP) is -0.497. The number of carbonyl (C=O) groups excluding carboxylic acids is 3. The molecule has 0 N–H and O–H groups in total. The standard InChI is InChI=1S/C6H4F3N2O5S/c7-6(8,9)2-10-3(12)1-4(13)11(5(10)14)17(15)16/h1-2H2/q+1. The average Bonchev–Trinajstić information content (AvgIpc) is 2.09. The summed E-state index contributed by atoms with van der Waals surface area (Å²) in [4.78, 5) is 32.8. The minimum Gasteiger partial charge on any atom is -0.246 e. The summed E-state index contributed by atoms with van der Waals surface area (Å²) < 4.78 is 56.5. The Labute approximate surface area is 93.1 Å². The van der Waals surface area contributed by atoms with Crippen LogP contribution in [-0.4, -0.2) is 47.8 Å². The van der Waals surface area contributed by atoms with Crippen LogP contribution in [0.4, 0.5) is 18.0 Å². The number of urea groups is 1. The molecule has 11 heteroatoms. The van der Waals surface area contributed by atoms with Crippen LogP contribution in [0.2, 0.25) is 0 Å². The molecule has 1 rings (SSSR count). The van der Waals surface area contributed by atoms with E-state index in [0.717, 1.165) is 0 Å². The van der Waals surface area contributed by atoms with Crippen molar-refractivity contribution in [3.05, 3.63) is 0 Å². The zero-order chi connectivity index (χ0) is 13.4. The van der Waals surface area contributed by atoms with Gasteiger partial charge in [-0.05, 0) is 3.95 Å². The van der Waals surface area contributed by atoms with Crippen molar-refractivity contribution in [2.24, 2.45) is 0 Å². The van der Waals surface area contributed by atoms with Gasteiger partial charge in [0.2, 0.25) is 0 Å². The minimum atomic E-state index is -4.87. The fourth-order valence-electron chi connectivity index (χ4n) is 1.10. The zero-order valence-corrected chi connectivity index (χ0v) is 8.71. The molecule has 0 spiro atoms. The third kappa shape index (κ3) is 2.87. The Hall–Kier alpha value is -1.78. The topological polar surface area (TPSA) is 91.6 Å². The monoisotopic (exact) mass is 273 g/mol. The summed E-state index contributed by atoms with van der Waals surface area (Å²) in [6.45, 7) is -1.94. The molecule has 0 aromatic rings. The van der Waals surface area contributed by atoms with Gasteiger partial charge in [-0.15, -0.1) is 13.3 Å². The van der Waals surface area contributed by atoms with Gasteiger partial charge in [-0.2, -0.15) is 18.0 Å². The van der Waals surface area contributed by atoms with E-state index >= 15 is 0 Å². The number of amides is 4. The molecule has 0 saturated carbocycles. The van der Waals surface area contributed by atoms with Gasteiger partial charge in [0.15, 0.2) is 13.0 Å². The van der Waals surface area contributed by atoms with Gasteiger partial charge in [0.05, 0.1) is 0 Å². The molecule has 17 heavy (non-hydrogen) atoms. The second-order valence-corrected chi connectivity index (χ2v) is 3.76. The maximum absolute atomic E-state index is 12.0. The van der Waals surface area contributed by atoms with E-state index in [2.05, 4.69) is 0 Å². The lowest BCUT2D eigenvalue weighted by Gasteiger charge is -2.17. The van der Waals surface area contributed by atoms with Gasteiger partial charge in [-0.1, -0.05) is 0 Å². The van der Waals surface area contributed by atoms with Gasteiger partial charge < -0.3 is 0 Å². The van der Waals surface area contributed by atoms with Crippen LogP contribution in [0.1, 0.15) is 6.42 Å². The fraction of sp³-hybridized carbons (Fsp3) is 0.500. The molecular formula is C6H4F3N2O5S+. The van der Waals surface area contributed by atoms with E-state index in [0.29, 0.717) is 0 Å². The van der Waals surface area contributed by atoms with Crippen molar-refractivity contribution < 1.29 is 39.9 Å². The number of hydrogen-bond donors (Lipinski definition) is 0. The molecule has 0 radical (unpaired) electrons. The van der Waals surface area contributed by atoms with E-state index in [4.69, 9.17) is 0 Å². The normalized spacial score (nSPS) is 17.7. The highest BCUT2D eigenvalue weighted by atomic mass is 32.2. The summed E-state index contributed by atoms with van der Waals surface area (Å²) >= 11 is 0. The summed E-state index contributed by atoms with van der Waals surface area (Å²) in [7, 11) is -3.35. The smallest absolute Gasteiger partial charge is 0.246 e. The number of rotatable bonds is 1. The van der Waals surface area contributed by atoms with E-state index in [1.165, 1.54) is 0 Å². The van der Waals surface area contributed by atoms with Gasteiger partial charge in [-0.25, -0.2) is 9.59 Å². The van der Waals surface area contributed by atoms with Crippen molar-refractivity contribution in [3.8, 4) is 0 Å². The Balaban J connectivity index is 3.17. The molecule has 0 aliphatic carbocycles. The lowest BCUT2D eigenvalue weighted by molar-refractivity contribution is -0.352. The summed E-state index contributed by atoms with van der Waals surface area (Å²) in [5.74, 6) is -2.77. The Bertz CT molecular complexity index is 526. The van der Waals surface area contributed by atoms with Crippen molar-refractivity contribution >= 4 is 28.3 Å². The maximum Gasteiger partial charge on any atom is 0.524 e. The molecule has 0 bridgehead atoms.